The maximum absolute atomic E-state index is 12.9. The van der Waals surface area contributed by atoms with Crippen molar-refractivity contribution in [2.75, 3.05) is 11.3 Å². The summed E-state index contributed by atoms with van der Waals surface area (Å²) in [5.41, 5.74) is 5.06. The van der Waals surface area contributed by atoms with Gasteiger partial charge in [0.25, 0.3) is 10.0 Å². The van der Waals surface area contributed by atoms with E-state index in [1.54, 1.807) is 19.1 Å². The highest BCUT2D eigenvalue weighted by Gasteiger charge is 2.22. The molecule has 0 spiro atoms. The number of sulfonamides is 1. The van der Waals surface area contributed by atoms with Gasteiger partial charge in [0.15, 0.2) is 0 Å². The monoisotopic (exact) mass is 621 g/mol. The van der Waals surface area contributed by atoms with E-state index in [1.807, 2.05) is 96.5 Å². The van der Waals surface area contributed by atoms with Crippen molar-refractivity contribution in [1.82, 2.24) is 20.0 Å². The van der Waals surface area contributed by atoms with Crippen molar-refractivity contribution in [1.29, 1.82) is 0 Å². The van der Waals surface area contributed by atoms with E-state index < -0.39 is 10.0 Å². The molecule has 6 aromatic rings. The fourth-order valence-corrected chi connectivity index (χ4v) is 6.32. The van der Waals surface area contributed by atoms with Crippen molar-refractivity contribution in [2.24, 2.45) is 10.2 Å². The average molecular weight is 622 g/mol. The van der Waals surface area contributed by atoms with Crippen molar-refractivity contribution in [3.8, 4) is 34.0 Å². The summed E-state index contributed by atoms with van der Waals surface area (Å²) < 4.78 is 35.7. The molecule has 0 fully saturated rings. The average Bonchev–Trinajstić information content (AvgIpc) is 3.64. The lowest BCUT2D eigenvalue weighted by Gasteiger charge is -2.08. The minimum absolute atomic E-state index is 0.0706. The normalized spacial score (nSPS) is 11.6. The molecule has 0 aliphatic carbocycles. The third-order valence-electron chi connectivity index (χ3n) is 6.51. The summed E-state index contributed by atoms with van der Waals surface area (Å²) in [6.45, 7) is 4.26. The summed E-state index contributed by atoms with van der Waals surface area (Å²) in [6.07, 6.45) is 0. The second kappa shape index (κ2) is 12.6. The van der Waals surface area contributed by atoms with Gasteiger partial charge >= 0.3 is 0 Å². The fraction of sp³-hybridized carbons (Fsp3) is 0.0938. The maximum atomic E-state index is 12.9. The zero-order valence-electron chi connectivity index (χ0n) is 23.8. The second-order valence-electron chi connectivity index (χ2n) is 9.54. The largest absolute Gasteiger partial charge is 0.494 e. The molecule has 0 radical (unpaired) electrons. The molecule has 6 rings (SSSR count). The molecule has 0 saturated heterocycles. The zero-order valence-corrected chi connectivity index (χ0v) is 25.5. The Morgan fingerprint density at radius 1 is 0.818 bits per heavy atom. The van der Waals surface area contributed by atoms with Gasteiger partial charge in [0.1, 0.15) is 27.8 Å². The van der Waals surface area contributed by atoms with Crippen LogP contribution in [0.3, 0.4) is 0 Å². The molecule has 0 bridgehead atoms. The first-order valence-corrected chi connectivity index (χ1v) is 16.0. The number of anilines is 1. The number of hydrogen-bond acceptors (Lipinski definition) is 9. The molecule has 0 unspecified atom stereocenters. The Morgan fingerprint density at radius 3 is 2.14 bits per heavy atom. The van der Waals surface area contributed by atoms with E-state index in [0.717, 1.165) is 39.6 Å². The van der Waals surface area contributed by atoms with Crippen molar-refractivity contribution >= 4 is 37.9 Å². The SMILES string of the molecule is CCOc1ccc(-c2nn(-c3ccccc3)c(-c3ccccc3)c2N=Nc2ccc(S(=O)(=O)Nc3nnc(C)s3)cc2)cc1. The number of para-hydroxylation sites is 1. The molecule has 0 saturated carbocycles. The van der Waals surface area contributed by atoms with E-state index in [2.05, 4.69) is 20.0 Å². The highest BCUT2D eigenvalue weighted by atomic mass is 32.2. The van der Waals surface area contributed by atoms with Crippen molar-refractivity contribution < 1.29 is 13.2 Å². The fourth-order valence-electron chi connectivity index (χ4n) is 4.50. The third kappa shape index (κ3) is 6.26. The van der Waals surface area contributed by atoms with Crippen LogP contribution >= 0.6 is 11.3 Å². The first-order valence-electron chi connectivity index (χ1n) is 13.7. The second-order valence-corrected chi connectivity index (χ2v) is 12.4. The molecule has 0 aliphatic heterocycles. The van der Waals surface area contributed by atoms with Gasteiger partial charge in [-0.3, -0.25) is 4.72 Å². The van der Waals surface area contributed by atoms with E-state index >= 15 is 0 Å². The van der Waals surface area contributed by atoms with Gasteiger partial charge in [-0.1, -0.05) is 59.9 Å². The van der Waals surface area contributed by atoms with E-state index in [9.17, 15) is 8.42 Å². The summed E-state index contributed by atoms with van der Waals surface area (Å²) in [4.78, 5) is 0.0706. The van der Waals surface area contributed by atoms with E-state index in [4.69, 9.17) is 14.9 Å². The van der Waals surface area contributed by atoms with E-state index in [1.165, 1.54) is 12.1 Å². The predicted octanol–water partition coefficient (Wildman–Crippen LogP) is 7.98. The van der Waals surface area contributed by atoms with Gasteiger partial charge in [-0.05, 0) is 74.5 Å². The summed E-state index contributed by atoms with van der Waals surface area (Å²) >= 11 is 1.16. The Balaban J connectivity index is 1.42. The molecular weight excluding hydrogens is 595 g/mol. The van der Waals surface area contributed by atoms with Crippen molar-refractivity contribution in [3.63, 3.8) is 0 Å². The van der Waals surface area contributed by atoms with Crippen LogP contribution in [-0.4, -0.2) is 35.0 Å². The van der Waals surface area contributed by atoms with Crippen LogP contribution in [0.15, 0.2) is 124 Å². The summed E-state index contributed by atoms with van der Waals surface area (Å²) in [6, 6.07) is 33.6. The van der Waals surface area contributed by atoms with Crippen molar-refractivity contribution in [2.45, 2.75) is 18.7 Å². The Bertz CT molecular complexity index is 2010. The summed E-state index contributed by atoms with van der Waals surface area (Å²) in [5, 5.41) is 22.8. The lowest BCUT2D eigenvalue weighted by Crippen LogP contribution is -2.12. The van der Waals surface area contributed by atoms with Crippen LogP contribution in [-0.2, 0) is 10.0 Å². The molecule has 4 aromatic carbocycles. The molecule has 12 heteroatoms. The van der Waals surface area contributed by atoms with Crippen LogP contribution in [0.5, 0.6) is 5.75 Å². The molecule has 0 atom stereocenters. The number of rotatable bonds is 10. The first kappa shape index (κ1) is 28.9. The Morgan fingerprint density at radius 2 is 1.50 bits per heavy atom. The lowest BCUT2D eigenvalue weighted by molar-refractivity contribution is 0.340. The van der Waals surface area contributed by atoms with Gasteiger partial charge in [-0.25, -0.2) is 13.1 Å². The van der Waals surface area contributed by atoms with Gasteiger partial charge in [0.2, 0.25) is 5.13 Å². The number of benzene rings is 4. The number of hydrogen-bond donors (Lipinski definition) is 1. The molecule has 0 amide bonds. The van der Waals surface area contributed by atoms with Crippen LogP contribution in [0.4, 0.5) is 16.5 Å². The summed E-state index contributed by atoms with van der Waals surface area (Å²) in [5.74, 6) is 0.760. The number of ether oxygens (including phenoxy) is 1. The molecule has 44 heavy (non-hydrogen) atoms. The number of nitrogens with zero attached hydrogens (tertiary/aromatic N) is 6. The van der Waals surface area contributed by atoms with E-state index in [0.29, 0.717) is 28.7 Å². The van der Waals surface area contributed by atoms with Crippen LogP contribution < -0.4 is 9.46 Å². The molecule has 2 aromatic heterocycles. The highest BCUT2D eigenvalue weighted by molar-refractivity contribution is 7.93. The highest BCUT2D eigenvalue weighted by Crippen LogP contribution is 2.41. The predicted molar refractivity (Wildman–Crippen MR) is 172 cm³/mol. The maximum Gasteiger partial charge on any atom is 0.263 e. The molecule has 1 N–H and O–H groups in total. The topological polar surface area (TPSA) is 124 Å². The molecule has 10 nitrogen and oxygen atoms in total. The van der Waals surface area contributed by atoms with Crippen LogP contribution in [0, 0.1) is 6.92 Å². The van der Waals surface area contributed by atoms with Gasteiger partial charge in [-0.2, -0.15) is 10.2 Å². The van der Waals surface area contributed by atoms with Crippen LogP contribution in [0.2, 0.25) is 0 Å². The number of nitrogens with one attached hydrogen (secondary N) is 1. The quantitative estimate of drug-likeness (QED) is 0.155. The van der Waals surface area contributed by atoms with Crippen LogP contribution in [0.1, 0.15) is 11.9 Å². The zero-order chi connectivity index (χ0) is 30.5. The minimum Gasteiger partial charge on any atom is -0.494 e. The number of aromatic nitrogens is 4. The minimum atomic E-state index is -3.84. The standard InChI is InChI=1S/C32H27N7O3S2/c1-3-42-27-18-14-23(15-19-27)29-30(31(24-10-6-4-7-11-24)39(37-29)26-12-8-5-9-13-26)35-34-25-16-20-28(21-17-25)44(40,41)38-32-36-33-22(2)43-32/h4-21H,3H2,1-2H3,(H,36,38). The Hall–Kier alpha value is -5.20. The van der Waals surface area contributed by atoms with Crippen molar-refractivity contribution in [3.05, 3.63) is 114 Å². The van der Waals surface area contributed by atoms with Gasteiger partial charge in [-0.15, -0.1) is 15.3 Å². The Labute approximate surface area is 258 Å². The third-order valence-corrected chi connectivity index (χ3v) is 8.75. The Kier molecular flexibility index (Phi) is 8.26. The van der Waals surface area contributed by atoms with Crippen LogP contribution in [0.25, 0.3) is 28.2 Å². The number of azo groups is 1. The van der Waals surface area contributed by atoms with Gasteiger partial charge in [0.05, 0.1) is 22.9 Å². The lowest BCUT2D eigenvalue weighted by atomic mass is 10.1. The van der Waals surface area contributed by atoms with E-state index in [-0.39, 0.29) is 10.0 Å². The number of aryl methyl sites for hydroxylation is 1. The molecule has 0 aliphatic rings. The van der Waals surface area contributed by atoms with Gasteiger partial charge < -0.3 is 4.74 Å². The smallest absolute Gasteiger partial charge is 0.263 e. The summed E-state index contributed by atoms with van der Waals surface area (Å²) in [7, 11) is -3.84. The first-order chi connectivity index (χ1) is 21.4. The molecular formula is C32H27N7O3S2. The molecule has 220 valence electrons. The molecule has 2 heterocycles. The van der Waals surface area contributed by atoms with Gasteiger partial charge in [0, 0.05) is 11.1 Å².